The SMILES string of the molecule is CCNc1ncc2c(n1)N(C)CCN(Cc1ccc(O[C@H](CCNC)c3cccc(F)c3)cc1F)C2=O. The molecule has 0 radical (unpaired) electrons. The van der Waals surface area contributed by atoms with Gasteiger partial charge in [-0.05, 0) is 44.3 Å². The molecule has 37 heavy (non-hydrogen) atoms. The molecule has 0 spiro atoms. The molecule has 0 aliphatic carbocycles. The molecule has 1 atom stereocenters. The lowest BCUT2D eigenvalue weighted by Crippen LogP contribution is -2.33. The maximum absolute atomic E-state index is 15.2. The van der Waals surface area contributed by atoms with E-state index in [9.17, 15) is 9.18 Å². The van der Waals surface area contributed by atoms with Crippen molar-refractivity contribution in [2.45, 2.75) is 26.0 Å². The van der Waals surface area contributed by atoms with E-state index < -0.39 is 11.9 Å². The number of likely N-dealkylation sites (N-methyl/N-ethyl adjacent to an activating group) is 1. The summed E-state index contributed by atoms with van der Waals surface area (Å²) >= 11 is 0. The minimum absolute atomic E-state index is 0.0975. The zero-order valence-electron chi connectivity index (χ0n) is 21.3. The first kappa shape index (κ1) is 26.3. The minimum Gasteiger partial charge on any atom is -0.486 e. The van der Waals surface area contributed by atoms with Crippen LogP contribution in [0.1, 0.15) is 40.9 Å². The van der Waals surface area contributed by atoms with Gasteiger partial charge in [0.05, 0.1) is 0 Å². The highest BCUT2D eigenvalue weighted by Crippen LogP contribution is 2.28. The number of ether oxygens (including phenoxy) is 1. The molecule has 1 aromatic heterocycles. The Morgan fingerprint density at radius 2 is 2.00 bits per heavy atom. The van der Waals surface area contributed by atoms with Gasteiger partial charge in [-0.1, -0.05) is 18.2 Å². The normalized spacial score (nSPS) is 14.2. The molecule has 2 aromatic carbocycles. The summed E-state index contributed by atoms with van der Waals surface area (Å²) in [5.41, 5.74) is 1.43. The maximum atomic E-state index is 15.2. The molecule has 2 heterocycles. The van der Waals surface area contributed by atoms with Crippen LogP contribution >= 0.6 is 0 Å². The number of aromatic nitrogens is 2. The standard InChI is InChI=1S/C27H32F2N6O2/c1-4-31-27-32-16-22-25(33-27)34(3)12-13-35(26(22)36)17-19-8-9-21(15-23(19)29)37-24(10-11-30-2)18-6-5-7-20(28)14-18/h5-9,14-16,24,30H,4,10-13,17H2,1-3H3,(H,31,32,33)/t24-/m1/s1. The summed E-state index contributed by atoms with van der Waals surface area (Å²) in [6, 6.07) is 10.8. The molecule has 1 aliphatic heterocycles. The Morgan fingerprint density at radius 3 is 2.73 bits per heavy atom. The van der Waals surface area contributed by atoms with E-state index in [1.165, 1.54) is 24.4 Å². The first-order valence-electron chi connectivity index (χ1n) is 12.4. The molecule has 10 heteroatoms. The van der Waals surface area contributed by atoms with E-state index in [1.807, 2.05) is 25.9 Å². The Hall–Kier alpha value is -3.79. The van der Waals surface area contributed by atoms with E-state index in [-0.39, 0.29) is 18.3 Å². The Kier molecular flexibility index (Phi) is 8.50. The topological polar surface area (TPSA) is 82.6 Å². The van der Waals surface area contributed by atoms with E-state index in [2.05, 4.69) is 20.6 Å². The second-order valence-corrected chi connectivity index (χ2v) is 8.92. The van der Waals surface area contributed by atoms with Gasteiger partial charge in [0.15, 0.2) is 0 Å². The highest BCUT2D eigenvalue weighted by Gasteiger charge is 2.28. The lowest BCUT2D eigenvalue weighted by molar-refractivity contribution is 0.0753. The Labute approximate surface area is 215 Å². The molecular formula is C27H32F2N6O2. The fraction of sp³-hybridized carbons (Fsp3) is 0.370. The number of anilines is 2. The molecule has 196 valence electrons. The van der Waals surface area contributed by atoms with Crippen molar-refractivity contribution in [3.05, 3.63) is 77.0 Å². The van der Waals surface area contributed by atoms with Crippen LogP contribution in [0.2, 0.25) is 0 Å². The van der Waals surface area contributed by atoms with Crippen LogP contribution in [0.25, 0.3) is 0 Å². The highest BCUT2D eigenvalue weighted by atomic mass is 19.1. The molecule has 0 fully saturated rings. The smallest absolute Gasteiger partial charge is 0.259 e. The molecule has 0 bridgehead atoms. The number of amides is 1. The molecule has 0 unspecified atom stereocenters. The fourth-order valence-electron chi connectivity index (χ4n) is 4.23. The zero-order chi connectivity index (χ0) is 26.4. The fourth-order valence-corrected chi connectivity index (χ4v) is 4.23. The summed E-state index contributed by atoms with van der Waals surface area (Å²) in [4.78, 5) is 25.5. The van der Waals surface area contributed by atoms with Gasteiger partial charge in [0.1, 0.15) is 34.9 Å². The number of nitrogens with one attached hydrogen (secondary N) is 2. The van der Waals surface area contributed by atoms with E-state index in [4.69, 9.17) is 4.74 Å². The van der Waals surface area contributed by atoms with Gasteiger partial charge in [0, 0.05) is 57.5 Å². The summed E-state index contributed by atoms with van der Waals surface area (Å²) in [7, 11) is 3.69. The maximum Gasteiger partial charge on any atom is 0.259 e. The molecule has 0 saturated heterocycles. The molecule has 0 saturated carbocycles. The van der Waals surface area contributed by atoms with E-state index in [1.54, 1.807) is 29.2 Å². The Balaban J connectivity index is 1.51. The van der Waals surface area contributed by atoms with Crippen LogP contribution in [0.15, 0.2) is 48.7 Å². The number of benzene rings is 2. The monoisotopic (exact) mass is 510 g/mol. The highest BCUT2D eigenvalue weighted by molar-refractivity contribution is 5.99. The van der Waals surface area contributed by atoms with E-state index in [0.29, 0.717) is 66.8 Å². The van der Waals surface area contributed by atoms with Crippen molar-refractivity contribution < 1.29 is 18.3 Å². The van der Waals surface area contributed by atoms with Crippen LogP contribution in [0.5, 0.6) is 5.75 Å². The molecule has 1 aliphatic rings. The quantitative estimate of drug-likeness (QED) is 0.427. The van der Waals surface area contributed by atoms with Gasteiger partial charge >= 0.3 is 0 Å². The van der Waals surface area contributed by atoms with Gasteiger partial charge in [-0.25, -0.2) is 13.8 Å². The summed E-state index contributed by atoms with van der Waals surface area (Å²) in [5, 5.41) is 6.12. The number of hydrogen-bond acceptors (Lipinski definition) is 7. The van der Waals surface area contributed by atoms with Gasteiger partial charge in [-0.2, -0.15) is 4.98 Å². The van der Waals surface area contributed by atoms with Crippen LogP contribution < -0.4 is 20.3 Å². The van der Waals surface area contributed by atoms with Crippen molar-refractivity contribution in [2.24, 2.45) is 0 Å². The van der Waals surface area contributed by atoms with E-state index in [0.717, 1.165) is 0 Å². The predicted molar refractivity (Wildman–Crippen MR) is 139 cm³/mol. The average molecular weight is 511 g/mol. The molecule has 8 nitrogen and oxygen atoms in total. The molecule has 4 rings (SSSR count). The number of rotatable bonds is 10. The van der Waals surface area contributed by atoms with Crippen LogP contribution in [-0.4, -0.2) is 61.0 Å². The molecule has 3 aromatic rings. The Bertz CT molecular complexity index is 1240. The lowest BCUT2D eigenvalue weighted by atomic mass is 10.1. The lowest BCUT2D eigenvalue weighted by Gasteiger charge is -2.22. The number of fused-ring (bicyclic) bond motifs is 1. The van der Waals surface area contributed by atoms with Gasteiger partial charge < -0.3 is 25.2 Å². The minimum atomic E-state index is -0.478. The van der Waals surface area contributed by atoms with Gasteiger partial charge in [-0.3, -0.25) is 4.79 Å². The first-order valence-corrected chi connectivity index (χ1v) is 12.4. The van der Waals surface area contributed by atoms with Crippen molar-refractivity contribution in [3.8, 4) is 5.75 Å². The number of nitrogens with zero attached hydrogens (tertiary/aromatic N) is 4. The van der Waals surface area contributed by atoms with E-state index >= 15 is 4.39 Å². The summed E-state index contributed by atoms with van der Waals surface area (Å²) in [5.74, 6) is 0.265. The van der Waals surface area contributed by atoms with Crippen molar-refractivity contribution >= 4 is 17.7 Å². The summed E-state index contributed by atoms with van der Waals surface area (Å²) in [6.45, 7) is 4.31. The summed E-state index contributed by atoms with van der Waals surface area (Å²) < 4.78 is 35.0. The van der Waals surface area contributed by atoms with Gasteiger partial charge in [0.2, 0.25) is 5.95 Å². The van der Waals surface area contributed by atoms with Crippen molar-refractivity contribution in [2.75, 3.05) is 50.5 Å². The number of halogens is 2. The average Bonchev–Trinajstić information content (AvgIpc) is 3.00. The number of carbonyl (C=O) groups excluding carboxylic acids is 1. The first-order chi connectivity index (χ1) is 17.9. The summed E-state index contributed by atoms with van der Waals surface area (Å²) in [6.07, 6.45) is 1.65. The van der Waals surface area contributed by atoms with Gasteiger partial charge in [-0.15, -0.1) is 0 Å². The third kappa shape index (κ3) is 6.32. The molecular weight excluding hydrogens is 478 g/mol. The largest absolute Gasteiger partial charge is 0.486 e. The van der Waals surface area contributed by atoms with Crippen molar-refractivity contribution in [1.29, 1.82) is 0 Å². The zero-order valence-corrected chi connectivity index (χ0v) is 21.3. The second kappa shape index (κ2) is 12.0. The van der Waals surface area contributed by atoms with Crippen LogP contribution in [0.4, 0.5) is 20.5 Å². The molecule has 2 N–H and O–H groups in total. The second-order valence-electron chi connectivity index (χ2n) is 8.92. The third-order valence-electron chi connectivity index (χ3n) is 6.23. The van der Waals surface area contributed by atoms with Crippen LogP contribution in [0, 0.1) is 11.6 Å². The number of hydrogen-bond donors (Lipinski definition) is 2. The van der Waals surface area contributed by atoms with Crippen LogP contribution in [-0.2, 0) is 6.54 Å². The van der Waals surface area contributed by atoms with Crippen molar-refractivity contribution in [1.82, 2.24) is 20.2 Å². The van der Waals surface area contributed by atoms with Crippen LogP contribution in [0.3, 0.4) is 0 Å². The van der Waals surface area contributed by atoms with Crippen molar-refractivity contribution in [3.63, 3.8) is 0 Å². The number of carbonyl (C=O) groups is 1. The Morgan fingerprint density at radius 1 is 1.16 bits per heavy atom. The molecule has 1 amide bonds. The predicted octanol–water partition coefficient (Wildman–Crippen LogP) is 4.01. The van der Waals surface area contributed by atoms with Gasteiger partial charge in [0.25, 0.3) is 5.91 Å². The third-order valence-corrected chi connectivity index (χ3v) is 6.23.